The molecule has 0 radical (unpaired) electrons. The number of nitrogens with one attached hydrogen (secondary N) is 1. The zero-order valence-corrected chi connectivity index (χ0v) is 20.1. The Labute approximate surface area is 209 Å². The standard InChI is InChI=1S/C25H24FN5O6/c1-3-25(35)17-5-20-22-15(9-31(20)23(33)16(17)10-36-24(25)34)14(8-29-37-11-28-21(32)7-27)13-4-12(2)18(26)6-19(13)30-22/h4-6,8,35H,3,7,9-11,27H2,1-2H3,(H,28,32)/b29-8+/t25-/m0/s1. The van der Waals surface area contributed by atoms with Crippen LogP contribution in [0.4, 0.5) is 4.39 Å². The first-order valence-corrected chi connectivity index (χ1v) is 11.6. The first-order valence-electron chi connectivity index (χ1n) is 11.6. The molecule has 0 fully saturated rings. The third-order valence-corrected chi connectivity index (χ3v) is 6.79. The summed E-state index contributed by atoms with van der Waals surface area (Å²) in [6.07, 6.45) is 1.43. The molecule has 4 N–H and O–H groups in total. The van der Waals surface area contributed by atoms with Crippen molar-refractivity contribution in [1.82, 2.24) is 14.9 Å². The molecule has 12 heteroatoms. The Kier molecular flexibility index (Phi) is 6.00. The van der Waals surface area contributed by atoms with Gasteiger partial charge in [0, 0.05) is 28.1 Å². The molecule has 0 unspecified atom stereocenters. The highest BCUT2D eigenvalue weighted by molar-refractivity contribution is 6.02. The van der Waals surface area contributed by atoms with E-state index in [1.807, 2.05) is 0 Å². The number of pyridine rings is 2. The number of fused-ring (bicyclic) bond motifs is 5. The molecule has 1 atom stereocenters. The minimum atomic E-state index is -1.96. The van der Waals surface area contributed by atoms with Crippen molar-refractivity contribution in [2.75, 3.05) is 13.3 Å². The number of nitrogens with zero attached hydrogens (tertiary/aromatic N) is 3. The van der Waals surface area contributed by atoms with Crippen molar-refractivity contribution in [3.63, 3.8) is 0 Å². The van der Waals surface area contributed by atoms with Gasteiger partial charge in [0.05, 0.1) is 41.8 Å². The van der Waals surface area contributed by atoms with Crippen LogP contribution in [0.2, 0.25) is 0 Å². The lowest BCUT2D eigenvalue weighted by Crippen LogP contribution is -2.44. The van der Waals surface area contributed by atoms with Gasteiger partial charge in [-0.2, -0.15) is 0 Å². The second-order valence-electron chi connectivity index (χ2n) is 8.89. The summed E-state index contributed by atoms with van der Waals surface area (Å²) in [5.41, 5.74) is 5.92. The average molecular weight is 509 g/mol. The molecule has 0 saturated heterocycles. The number of ether oxygens (including phenoxy) is 1. The Balaban J connectivity index is 1.68. The number of rotatable bonds is 6. The van der Waals surface area contributed by atoms with E-state index in [0.717, 1.165) is 0 Å². The number of carbonyl (C=O) groups is 2. The molecule has 5 rings (SSSR count). The van der Waals surface area contributed by atoms with Crippen LogP contribution in [0.25, 0.3) is 22.3 Å². The van der Waals surface area contributed by atoms with Crippen molar-refractivity contribution in [2.24, 2.45) is 10.9 Å². The van der Waals surface area contributed by atoms with Gasteiger partial charge in [-0.1, -0.05) is 12.1 Å². The van der Waals surface area contributed by atoms with Gasteiger partial charge in [0.25, 0.3) is 5.56 Å². The van der Waals surface area contributed by atoms with Gasteiger partial charge >= 0.3 is 5.97 Å². The van der Waals surface area contributed by atoms with E-state index in [2.05, 4.69) is 15.5 Å². The number of hydrogen-bond acceptors (Lipinski definition) is 9. The van der Waals surface area contributed by atoms with Crippen molar-refractivity contribution < 1.29 is 28.7 Å². The summed E-state index contributed by atoms with van der Waals surface area (Å²) in [6, 6.07) is 4.51. The van der Waals surface area contributed by atoms with Crippen LogP contribution in [-0.2, 0) is 37.9 Å². The third kappa shape index (κ3) is 3.85. The maximum Gasteiger partial charge on any atom is 0.343 e. The van der Waals surface area contributed by atoms with E-state index in [1.54, 1.807) is 26.0 Å². The number of carbonyl (C=O) groups excluding carboxylic acids is 2. The molecule has 2 aliphatic rings. The van der Waals surface area contributed by atoms with Crippen molar-refractivity contribution in [2.45, 2.75) is 39.0 Å². The van der Waals surface area contributed by atoms with Crippen LogP contribution >= 0.6 is 0 Å². The highest BCUT2D eigenvalue weighted by Gasteiger charge is 2.45. The van der Waals surface area contributed by atoms with Crippen LogP contribution in [0.1, 0.15) is 41.2 Å². The fourth-order valence-corrected chi connectivity index (χ4v) is 4.70. The summed E-state index contributed by atoms with van der Waals surface area (Å²) in [7, 11) is 0. The highest BCUT2D eigenvalue weighted by Crippen LogP contribution is 2.40. The maximum absolute atomic E-state index is 14.5. The first-order chi connectivity index (χ1) is 17.7. The second kappa shape index (κ2) is 9.05. The topological polar surface area (TPSA) is 158 Å². The number of benzene rings is 1. The van der Waals surface area contributed by atoms with E-state index in [1.165, 1.54) is 16.8 Å². The third-order valence-electron chi connectivity index (χ3n) is 6.79. The molecule has 37 heavy (non-hydrogen) atoms. The zero-order valence-electron chi connectivity index (χ0n) is 20.1. The van der Waals surface area contributed by atoms with Crippen LogP contribution < -0.4 is 16.6 Å². The van der Waals surface area contributed by atoms with Gasteiger partial charge < -0.3 is 30.3 Å². The number of cyclic esters (lactones) is 1. The number of amides is 1. The molecule has 1 aromatic carbocycles. The lowest BCUT2D eigenvalue weighted by atomic mass is 9.86. The lowest BCUT2D eigenvalue weighted by Gasteiger charge is -2.31. The fraction of sp³-hybridized carbons (Fsp3) is 0.320. The van der Waals surface area contributed by atoms with Crippen molar-refractivity contribution in [3.8, 4) is 11.4 Å². The van der Waals surface area contributed by atoms with Crippen molar-refractivity contribution >= 4 is 29.0 Å². The zero-order chi connectivity index (χ0) is 26.5. The number of halogens is 1. The number of oxime groups is 1. The van der Waals surface area contributed by atoms with Crippen LogP contribution in [0, 0.1) is 12.7 Å². The molecular formula is C25H24FN5O6. The smallest absolute Gasteiger partial charge is 0.343 e. The van der Waals surface area contributed by atoms with Gasteiger partial charge in [-0.3, -0.25) is 9.59 Å². The van der Waals surface area contributed by atoms with E-state index in [9.17, 15) is 23.9 Å². The second-order valence-corrected chi connectivity index (χ2v) is 8.89. The van der Waals surface area contributed by atoms with Crippen LogP contribution in [0.15, 0.2) is 28.1 Å². The lowest BCUT2D eigenvalue weighted by molar-refractivity contribution is -0.172. The van der Waals surface area contributed by atoms with Gasteiger partial charge in [-0.25, -0.2) is 14.2 Å². The molecule has 11 nitrogen and oxygen atoms in total. The quantitative estimate of drug-likeness (QED) is 0.114. The highest BCUT2D eigenvalue weighted by atomic mass is 19.1. The number of nitrogens with two attached hydrogens (primary N) is 1. The number of aromatic nitrogens is 2. The molecule has 0 spiro atoms. The Hall–Kier alpha value is -4.16. The molecule has 2 aliphatic heterocycles. The fourth-order valence-electron chi connectivity index (χ4n) is 4.70. The number of aliphatic hydroxyl groups is 1. The molecule has 0 bridgehead atoms. The van der Waals surface area contributed by atoms with Crippen molar-refractivity contribution in [1.29, 1.82) is 0 Å². The molecule has 2 aromatic heterocycles. The van der Waals surface area contributed by atoms with E-state index in [0.29, 0.717) is 39.0 Å². The molecule has 0 saturated carbocycles. The average Bonchev–Trinajstić information content (AvgIpc) is 3.25. The SMILES string of the molecule is CC[C@@]1(O)C(=O)OCc2c1cc1n(c2=O)Cc2c-1nc1cc(F)c(C)cc1c2/C=N/OCNC(=O)CN. The van der Waals surface area contributed by atoms with Crippen molar-refractivity contribution in [3.05, 3.63) is 62.2 Å². The normalized spacial score (nSPS) is 17.9. The van der Waals surface area contributed by atoms with E-state index in [-0.39, 0.29) is 44.0 Å². The summed E-state index contributed by atoms with van der Waals surface area (Å²) in [5.74, 6) is -1.68. The van der Waals surface area contributed by atoms with Gasteiger partial charge in [-0.05, 0) is 31.0 Å². The van der Waals surface area contributed by atoms with Gasteiger partial charge in [0.2, 0.25) is 5.91 Å². The van der Waals surface area contributed by atoms with Crippen LogP contribution in [0.5, 0.6) is 0 Å². The summed E-state index contributed by atoms with van der Waals surface area (Å²) in [4.78, 5) is 46.9. The monoisotopic (exact) mass is 509 g/mol. The summed E-state index contributed by atoms with van der Waals surface area (Å²) in [5, 5.41) is 18.0. The summed E-state index contributed by atoms with van der Waals surface area (Å²) < 4.78 is 21.1. The van der Waals surface area contributed by atoms with Gasteiger partial charge in [-0.15, -0.1) is 0 Å². The Morgan fingerprint density at radius 2 is 2.16 bits per heavy atom. The summed E-state index contributed by atoms with van der Waals surface area (Å²) >= 11 is 0. The molecular weight excluding hydrogens is 485 g/mol. The Bertz CT molecular complexity index is 1570. The first kappa shape index (κ1) is 24.5. The molecule has 3 aromatic rings. The van der Waals surface area contributed by atoms with Crippen LogP contribution in [-0.4, -0.2) is 46.0 Å². The Morgan fingerprint density at radius 3 is 2.89 bits per heavy atom. The molecule has 0 aliphatic carbocycles. The molecule has 1 amide bonds. The molecule has 192 valence electrons. The van der Waals surface area contributed by atoms with E-state index in [4.69, 9.17) is 15.3 Å². The minimum Gasteiger partial charge on any atom is -0.458 e. The largest absolute Gasteiger partial charge is 0.458 e. The van der Waals surface area contributed by atoms with Crippen LogP contribution in [0.3, 0.4) is 0 Å². The number of hydrogen-bond donors (Lipinski definition) is 3. The van der Waals surface area contributed by atoms with Gasteiger partial charge in [0.1, 0.15) is 12.4 Å². The van der Waals surface area contributed by atoms with E-state index >= 15 is 0 Å². The van der Waals surface area contributed by atoms with Gasteiger partial charge in [0.15, 0.2) is 12.3 Å². The van der Waals surface area contributed by atoms with E-state index < -0.39 is 28.9 Å². The number of aryl methyl sites for hydroxylation is 1. The molecule has 4 heterocycles. The minimum absolute atomic E-state index is 0.0140. The maximum atomic E-state index is 14.5. The summed E-state index contributed by atoms with van der Waals surface area (Å²) in [6.45, 7) is 2.72. The number of esters is 1. The predicted octanol–water partition coefficient (Wildman–Crippen LogP) is 0.910. The predicted molar refractivity (Wildman–Crippen MR) is 130 cm³/mol. The Morgan fingerprint density at radius 1 is 1.38 bits per heavy atom.